The van der Waals surface area contributed by atoms with Crippen molar-refractivity contribution in [3.63, 3.8) is 0 Å². The number of fused-ring (bicyclic) bond motifs is 1. The second-order valence-electron chi connectivity index (χ2n) is 8.31. The van der Waals surface area contributed by atoms with Crippen LogP contribution in [0.3, 0.4) is 0 Å². The zero-order chi connectivity index (χ0) is 24.9. The highest BCUT2D eigenvalue weighted by molar-refractivity contribution is 5.92. The number of carbonyl (C=O) groups is 1. The second kappa shape index (κ2) is 10.4. The molecule has 0 saturated carbocycles. The molecule has 0 aromatic carbocycles. The maximum absolute atomic E-state index is 12.7. The number of carbonyl (C=O) groups excluding carboxylic acids is 1. The van der Waals surface area contributed by atoms with Gasteiger partial charge in [-0.15, -0.1) is 0 Å². The molecule has 0 bridgehead atoms. The molecule has 10 heteroatoms. The summed E-state index contributed by atoms with van der Waals surface area (Å²) < 4.78 is 12.4. The molecule has 182 valence electrons. The summed E-state index contributed by atoms with van der Waals surface area (Å²) in [5.74, 6) is 2.03. The summed E-state index contributed by atoms with van der Waals surface area (Å²) in [4.78, 5) is 25.2. The lowest BCUT2D eigenvalue weighted by atomic mass is 10.1. The van der Waals surface area contributed by atoms with E-state index in [0.29, 0.717) is 35.5 Å². The molecule has 35 heavy (non-hydrogen) atoms. The van der Waals surface area contributed by atoms with Gasteiger partial charge in [-0.05, 0) is 50.0 Å². The van der Waals surface area contributed by atoms with Crippen LogP contribution in [-0.2, 0) is 0 Å². The molecular formula is C25H29N7O3. The zero-order valence-electron chi connectivity index (χ0n) is 20.5. The number of likely N-dealkylation sites (N-methyl/N-ethyl adjacent to an activating group) is 2. The highest BCUT2D eigenvalue weighted by Crippen LogP contribution is 2.30. The quantitative estimate of drug-likeness (QED) is 0.394. The molecule has 0 fully saturated rings. The van der Waals surface area contributed by atoms with Crippen molar-refractivity contribution in [1.82, 2.24) is 29.4 Å². The predicted molar refractivity (Wildman–Crippen MR) is 135 cm³/mol. The van der Waals surface area contributed by atoms with E-state index in [9.17, 15) is 4.79 Å². The first-order chi connectivity index (χ1) is 16.9. The number of methoxy groups -OCH3 is 2. The van der Waals surface area contributed by atoms with Gasteiger partial charge >= 0.3 is 0 Å². The highest BCUT2D eigenvalue weighted by atomic mass is 16.5. The number of aromatic nitrogens is 4. The number of nitrogens with zero attached hydrogens (tertiary/aromatic N) is 6. The summed E-state index contributed by atoms with van der Waals surface area (Å²) in [7, 11) is 8.87. The Kier molecular flexibility index (Phi) is 7.11. The van der Waals surface area contributed by atoms with Crippen LogP contribution in [0.15, 0.2) is 54.9 Å². The number of hydrogen-bond acceptors (Lipinski definition) is 8. The van der Waals surface area contributed by atoms with Crippen molar-refractivity contribution in [2.45, 2.75) is 0 Å². The fourth-order valence-electron chi connectivity index (χ4n) is 3.53. The molecule has 0 aliphatic carbocycles. The minimum atomic E-state index is -0.126. The van der Waals surface area contributed by atoms with E-state index < -0.39 is 0 Å². The SMILES string of the molecule is COc1cc(-c2ccn3nc(Nc4cccc(C(=O)N(C)CCN(C)C)n4)cc3c2)cnc1OC. The molecule has 10 nitrogen and oxygen atoms in total. The number of pyridine rings is 3. The van der Waals surface area contributed by atoms with Crippen molar-refractivity contribution in [2.75, 3.05) is 53.8 Å². The van der Waals surface area contributed by atoms with Crippen LogP contribution in [0, 0.1) is 0 Å². The van der Waals surface area contributed by atoms with Crippen LogP contribution in [0.1, 0.15) is 10.5 Å². The normalized spacial score (nSPS) is 11.0. The van der Waals surface area contributed by atoms with E-state index in [1.54, 1.807) is 55.1 Å². The van der Waals surface area contributed by atoms with Crippen LogP contribution in [0.5, 0.6) is 11.6 Å². The first-order valence-electron chi connectivity index (χ1n) is 11.1. The molecule has 4 aromatic rings. The van der Waals surface area contributed by atoms with E-state index in [1.807, 2.05) is 49.5 Å². The third-order valence-electron chi connectivity index (χ3n) is 5.48. The maximum Gasteiger partial charge on any atom is 0.272 e. The van der Waals surface area contributed by atoms with Crippen molar-refractivity contribution in [2.24, 2.45) is 0 Å². The van der Waals surface area contributed by atoms with Crippen LogP contribution in [-0.4, -0.2) is 83.7 Å². The van der Waals surface area contributed by atoms with Crippen molar-refractivity contribution >= 4 is 23.1 Å². The average Bonchev–Trinajstić information content (AvgIpc) is 3.27. The first kappa shape index (κ1) is 24.0. The molecule has 0 radical (unpaired) electrons. The molecule has 4 aromatic heterocycles. The lowest BCUT2D eigenvalue weighted by Crippen LogP contribution is -2.33. The van der Waals surface area contributed by atoms with Gasteiger partial charge in [-0.3, -0.25) is 4.79 Å². The Balaban J connectivity index is 1.53. The van der Waals surface area contributed by atoms with Gasteiger partial charge in [0.2, 0.25) is 0 Å². The van der Waals surface area contributed by atoms with E-state index in [2.05, 4.69) is 20.4 Å². The third-order valence-corrected chi connectivity index (χ3v) is 5.48. The molecule has 0 spiro atoms. The zero-order valence-corrected chi connectivity index (χ0v) is 20.5. The molecule has 0 saturated heterocycles. The van der Waals surface area contributed by atoms with Gasteiger partial charge in [0.1, 0.15) is 11.5 Å². The summed E-state index contributed by atoms with van der Waals surface area (Å²) in [6.07, 6.45) is 3.62. The number of ether oxygens (including phenoxy) is 2. The van der Waals surface area contributed by atoms with Gasteiger partial charge in [-0.25, -0.2) is 14.5 Å². The Labute approximate surface area is 204 Å². The molecule has 1 amide bonds. The molecule has 4 rings (SSSR count). The number of rotatable bonds is 9. The topological polar surface area (TPSA) is 97.1 Å². The molecular weight excluding hydrogens is 446 g/mol. The molecule has 0 aliphatic rings. The van der Waals surface area contributed by atoms with Gasteiger partial charge in [0, 0.05) is 44.2 Å². The van der Waals surface area contributed by atoms with Crippen molar-refractivity contribution in [3.8, 4) is 22.8 Å². The molecule has 1 N–H and O–H groups in total. The number of nitrogens with one attached hydrogen (secondary N) is 1. The summed E-state index contributed by atoms with van der Waals surface area (Å²) in [5, 5.41) is 7.77. The van der Waals surface area contributed by atoms with Crippen LogP contribution in [0.4, 0.5) is 11.6 Å². The lowest BCUT2D eigenvalue weighted by Gasteiger charge is -2.19. The Hall–Kier alpha value is -4.18. The second-order valence-corrected chi connectivity index (χ2v) is 8.31. The smallest absolute Gasteiger partial charge is 0.272 e. The molecule has 4 heterocycles. The standard InChI is InChI=1S/C25H29N7O3/c1-30(2)11-12-31(3)25(33)20-7-6-8-22(27-20)28-23-15-19-13-17(9-10-32(19)29-23)18-14-21(34-4)24(35-5)26-16-18/h6-10,13-16H,11-12H2,1-5H3,(H,27,28,29). The largest absolute Gasteiger partial charge is 0.491 e. The van der Waals surface area contributed by atoms with Crippen molar-refractivity contribution < 1.29 is 14.3 Å². The van der Waals surface area contributed by atoms with Gasteiger partial charge in [0.25, 0.3) is 11.8 Å². The summed E-state index contributed by atoms with van der Waals surface area (Å²) in [6.45, 7) is 1.40. The lowest BCUT2D eigenvalue weighted by molar-refractivity contribution is 0.0780. The minimum Gasteiger partial charge on any atom is -0.491 e. The molecule has 0 aliphatic heterocycles. The Morgan fingerprint density at radius 1 is 1.00 bits per heavy atom. The van der Waals surface area contributed by atoms with Gasteiger partial charge in [-0.1, -0.05) is 6.07 Å². The monoisotopic (exact) mass is 475 g/mol. The van der Waals surface area contributed by atoms with Crippen LogP contribution in [0.25, 0.3) is 16.6 Å². The summed E-state index contributed by atoms with van der Waals surface area (Å²) in [6, 6.07) is 13.1. The van der Waals surface area contributed by atoms with E-state index >= 15 is 0 Å². The Morgan fingerprint density at radius 2 is 1.83 bits per heavy atom. The number of amides is 1. The Morgan fingerprint density at radius 3 is 2.57 bits per heavy atom. The first-order valence-corrected chi connectivity index (χ1v) is 11.1. The van der Waals surface area contributed by atoms with Crippen LogP contribution >= 0.6 is 0 Å². The van der Waals surface area contributed by atoms with Gasteiger partial charge < -0.3 is 24.6 Å². The predicted octanol–water partition coefficient (Wildman–Crippen LogP) is 3.19. The minimum absolute atomic E-state index is 0.126. The van der Waals surface area contributed by atoms with Gasteiger partial charge in [0.15, 0.2) is 11.6 Å². The number of hydrogen-bond donors (Lipinski definition) is 1. The average molecular weight is 476 g/mol. The van der Waals surface area contributed by atoms with Crippen LogP contribution in [0.2, 0.25) is 0 Å². The number of anilines is 2. The van der Waals surface area contributed by atoms with Crippen LogP contribution < -0.4 is 14.8 Å². The fraction of sp³-hybridized carbons (Fsp3) is 0.280. The highest BCUT2D eigenvalue weighted by Gasteiger charge is 2.14. The van der Waals surface area contributed by atoms with E-state index in [-0.39, 0.29) is 5.91 Å². The van der Waals surface area contributed by atoms with E-state index in [1.165, 1.54) is 0 Å². The van der Waals surface area contributed by atoms with Crippen molar-refractivity contribution in [1.29, 1.82) is 0 Å². The molecule has 0 unspecified atom stereocenters. The van der Waals surface area contributed by atoms with Gasteiger partial charge in [0.05, 0.1) is 19.7 Å². The summed E-state index contributed by atoms with van der Waals surface area (Å²) in [5.41, 5.74) is 3.12. The summed E-state index contributed by atoms with van der Waals surface area (Å²) >= 11 is 0. The van der Waals surface area contributed by atoms with Gasteiger partial charge in [-0.2, -0.15) is 5.10 Å². The third kappa shape index (κ3) is 5.49. The Bertz CT molecular complexity index is 1340. The van der Waals surface area contributed by atoms with E-state index in [4.69, 9.17) is 9.47 Å². The van der Waals surface area contributed by atoms with E-state index in [0.717, 1.165) is 23.2 Å². The molecule has 0 atom stereocenters. The van der Waals surface area contributed by atoms with Crippen molar-refractivity contribution in [3.05, 3.63) is 60.6 Å². The fourth-order valence-corrected chi connectivity index (χ4v) is 3.53. The maximum atomic E-state index is 12.7.